The molecule has 1 aliphatic carbocycles. The number of benzene rings is 1. The highest BCUT2D eigenvalue weighted by Gasteiger charge is 2.62. The summed E-state index contributed by atoms with van der Waals surface area (Å²) in [5, 5.41) is 3.21. The molecule has 1 spiro atoms. The number of ketones is 1. The number of amides is 2. The lowest BCUT2D eigenvalue weighted by molar-refractivity contribution is -0.140. The van der Waals surface area contributed by atoms with Crippen LogP contribution in [0.25, 0.3) is 10.8 Å². The number of fused-ring (bicyclic) bond motifs is 1. The highest BCUT2D eigenvalue weighted by atomic mass is 32.1. The van der Waals surface area contributed by atoms with Crippen LogP contribution < -0.4 is 15.0 Å². The van der Waals surface area contributed by atoms with Gasteiger partial charge < -0.3 is 23.9 Å². The fraction of sp³-hybridized carbons (Fsp3) is 0.467. The lowest BCUT2D eigenvalue weighted by Crippen LogP contribution is -2.61. The molecule has 1 atom stereocenters. The van der Waals surface area contributed by atoms with Gasteiger partial charge in [0.15, 0.2) is 5.78 Å². The van der Waals surface area contributed by atoms with Gasteiger partial charge in [0.05, 0.1) is 36.4 Å². The molecule has 3 aromatic rings. The first-order valence-corrected chi connectivity index (χ1v) is 14.7. The molecule has 10 nitrogen and oxygen atoms in total. The molecule has 2 amide bonds. The third-order valence-electron chi connectivity index (χ3n) is 8.48. The molecular formula is C30H33N3O7S. The number of oxazole rings is 1. The summed E-state index contributed by atoms with van der Waals surface area (Å²) in [6.07, 6.45) is 4.29. The van der Waals surface area contributed by atoms with Gasteiger partial charge in [0.1, 0.15) is 28.5 Å². The van der Waals surface area contributed by atoms with E-state index in [1.165, 1.54) is 17.6 Å². The fourth-order valence-corrected chi connectivity index (χ4v) is 7.49. The van der Waals surface area contributed by atoms with Crippen LogP contribution in [-0.2, 0) is 19.1 Å². The molecule has 0 bridgehead atoms. The summed E-state index contributed by atoms with van der Waals surface area (Å²) in [5.74, 6) is -0.0415. The predicted octanol–water partition coefficient (Wildman–Crippen LogP) is 4.33. The van der Waals surface area contributed by atoms with Gasteiger partial charge in [-0.25, -0.2) is 4.98 Å². The number of nitrogens with zero attached hydrogens (tertiary/aromatic N) is 2. The topological polar surface area (TPSA) is 120 Å². The van der Waals surface area contributed by atoms with Crippen molar-refractivity contribution in [2.45, 2.75) is 44.8 Å². The zero-order chi connectivity index (χ0) is 28.7. The van der Waals surface area contributed by atoms with Crippen LogP contribution in [-0.4, -0.2) is 62.6 Å². The summed E-state index contributed by atoms with van der Waals surface area (Å²) in [7, 11) is 3.18. The number of aromatic nitrogens is 1. The molecule has 6 rings (SSSR count). The number of anilines is 1. The summed E-state index contributed by atoms with van der Waals surface area (Å²) in [6.45, 7) is 3.25. The number of carbonyl (C=O) groups excluding carboxylic acids is 3. The third-order valence-corrected chi connectivity index (χ3v) is 9.79. The highest BCUT2D eigenvalue weighted by molar-refractivity contribution is 7.20. The third kappa shape index (κ3) is 4.65. The first-order chi connectivity index (χ1) is 19.9. The average molecular weight is 580 g/mol. The summed E-state index contributed by atoms with van der Waals surface area (Å²) >= 11 is 1.32. The molecule has 4 heterocycles. The van der Waals surface area contributed by atoms with Crippen LogP contribution in [0.1, 0.15) is 53.3 Å². The monoisotopic (exact) mass is 579 g/mol. The smallest absolute Gasteiger partial charge is 0.241 e. The number of nitrogens with one attached hydrogen (secondary N) is 1. The molecule has 11 heteroatoms. The molecule has 3 aliphatic rings. The van der Waals surface area contributed by atoms with Crippen molar-refractivity contribution in [2.75, 3.05) is 38.8 Å². The van der Waals surface area contributed by atoms with E-state index in [2.05, 4.69) is 10.3 Å². The van der Waals surface area contributed by atoms with Crippen LogP contribution in [0, 0.1) is 18.3 Å². The second kappa shape index (κ2) is 11.0. The zero-order valence-corrected chi connectivity index (χ0v) is 24.1. The average Bonchev–Trinajstić information content (AvgIpc) is 3.62. The Labute approximate surface area is 242 Å². The fourth-order valence-electron chi connectivity index (χ4n) is 6.24. The Morgan fingerprint density at radius 3 is 2.68 bits per heavy atom. The number of hydrogen-bond donors (Lipinski definition) is 1. The maximum Gasteiger partial charge on any atom is 0.241 e. The molecule has 2 aliphatic heterocycles. The van der Waals surface area contributed by atoms with E-state index in [4.69, 9.17) is 18.6 Å². The van der Waals surface area contributed by atoms with Gasteiger partial charge in [-0.15, -0.1) is 11.3 Å². The normalized spacial score (nSPS) is 23.3. The Hall–Kier alpha value is -3.54. The molecule has 1 saturated heterocycles. The van der Waals surface area contributed by atoms with E-state index in [1.807, 2.05) is 31.2 Å². The van der Waals surface area contributed by atoms with Gasteiger partial charge in [0, 0.05) is 31.7 Å². The van der Waals surface area contributed by atoms with E-state index in [-0.39, 0.29) is 43.1 Å². The van der Waals surface area contributed by atoms with Gasteiger partial charge >= 0.3 is 0 Å². The molecule has 216 valence electrons. The molecule has 2 fully saturated rings. The van der Waals surface area contributed by atoms with E-state index >= 15 is 0 Å². The van der Waals surface area contributed by atoms with Crippen molar-refractivity contribution >= 4 is 33.9 Å². The standard InChI is InChI=1S/C30H33N3O7S/c1-17-23-25(34)30(14-18(15-30)26(35)31-2)29(36)33(28(23)41-24(17)27-32-10-13-39-27)16-22(40-19-8-11-38-12-9-19)20-6-4-5-7-21(20)37-3/h4-7,10,13,18-19,22H,8-9,11-12,14-16H2,1-3H3,(H,31,35)/t18-,22-,30+/m0/s1. The number of Topliss-reactive ketones (excluding diaryl/α,β-unsaturated/α-hetero) is 1. The lowest BCUT2D eigenvalue weighted by Gasteiger charge is -2.49. The van der Waals surface area contributed by atoms with Crippen molar-refractivity contribution in [2.24, 2.45) is 11.3 Å². The van der Waals surface area contributed by atoms with Crippen molar-refractivity contribution < 1.29 is 33.0 Å². The largest absolute Gasteiger partial charge is 0.496 e. The van der Waals surface area contributed by atoms with E-state index in [1.54, 1.807) is 25.3 Å². The highest BCUT2D eigenvalue weighted by Crippen LogP contribution is 2.57. The van der Waals surface area contributed by atoms with E-state index in [0.717, 1.165) is 24.0 Å². The van der Waals surface area contributed by atoms with Crippen molar-refractivity contribution in [3.63, 3.8) is 0 Å². The molecule has 2 aromatic heterocycles. The summed E-state index contributed by atoms with van der Waals surface area (Å²) in [5.41, 5.74) is 0.730. The molecule has 0 radical (unpaired) electrons. The number of thiophene rings is 1. The number of rotatable bonds is 8. The van der Waals surface area contributed by atoms with Crippen molar-refractivity contribution in [3.05, 3.63) is 53.4 Å². The zero-order valence-electron chi connectivity index (χ0n) is 23.3. The minimum Gasteiger partial charge on any atom is -0.496 e. The van der Waals surface area contributed by atoms with Crippen LogP contribution in [0.3, 0.4) is 0 Å². The minimum absolute atomic E-state index is 0.0529. The van der Waals surface area contributed by atoms with E-state index in [9.17, 15) is 14.4 Å². The number of methoxy groups -OCH3 is 1. The molecule has 1 N–H and O–H groups in total. The summed E-state index contributed by atoms with van der Waals surface area (Å²) in [4.78, 5) is 47.7. The predicted molar refractivity (Wildman–Crippen MR) is 151 cm³/mol. The van der Waals surface area contributed by atoms with Gasteiger partial charge in [-0.1, -0.05) is 18.2 Å². The van der Waals surface area contributed by atoms with E-state index < -0.39 is 17.4 Å². The second-order valence-electron chi connectivity index (χ2n) is 10.8. The van der Waals surface area contributed by atoms with Gasteiger partial charge in [-0.3, -0.25) is 19.3 Å². The second-order valence-corrected chi connectivity index (χ2v) is 11.8. The summed E-state index contributed by atoms with van der Waals surface area (Å²) < 4.78 is 23.5. The van der Waals surface area contributed by atoms with Gasteiger partial charge in [0.25, 0.3) is 0 Å². The first-order valence-electron chi connectivity index (χ1n) is 13.9. The first kappa shape index (κ1) is 27.6. The van der Waals surface area contributed by atoms with Crippen LogP contribution in [0.15, 0.2) is 41.1 Å². The van der Waals surface area contributed by atoms with Gasteiger partial charge in [0.2, 0.25) is 17.7 Å². The van der Waals surface area contributed by atoms with Crippen LogP contribution >= 0.6 is 11.3 Å². The van der Waals surface area contributed by atoms with Gasteiger partial charge in [-0.05, 0) is 44.2 Å². The Kier molecular flexibility index (Phi) is 7.43. The Bertz CT molecular complexity index is 1450. The Morgan fingerprint density at radius 2 is 2.00 bits per heavy atom. The molecule has 0 unspecified atom stereocenters. The number of para-hydroxylation sites is 1. The van der Waals surface area contributed by atoms with Crippen molar-refractivity contribution in [3.8, 4) is 16.5 Å². The maximum absolute atomic E-state index is 14.4. The van der Waals surface area contributed by atoms with Crippen molar-refractivity contribution in [1.29, 1.82) is 0 Å². The number of carbonyl (C=O) groups is 3. The Morgan fingerprint density at radius 1 is 1.24 bits per heavy atom. The molecule has 41 heavy (non-hydrogen) atoms. The quantitative estimate of drug-likeness (QED) is 0.392. The SMILES string of the molecule is CNC(=O)[C@H]1C[C@@]2(C1)C(=O)c1c(sc(-c3ncco3)c1C)N(C[C@H](OC1CCOCC1)c1ccccc1OC)C2=O. The van der Waals surface area contributed by atoms with Crippen LogP contribution in [0.4, 0.5) is 5.00 Å². The maximum atomic E-state index is 14.4. The molecular weight excluding hydrogens is 546 g/mol. The number of ether oxygens (including phenoxy) is 3. The van der Waals surface area contributed by atoms with Crippen molar-refractivity contribution in [1.82, 2.24) is 10.3 Å². The van der Waals surface area contributed by atoms with Crippen LogP contribution in [0.2, 0.25) is 0 Å². The Balaban J connectivity index is 1.44. The van der Waals surface area contributed by atoms with Gasteiger partial charge in [-0.2, -0.15) is 0 Å². The minimum atomic E-state index is -1.30. The molecule has 1 saturated carbocycles. The number of hydrogen-bond acceptors (Lipinski definition) is 9. The van der Waals surface area contributed by atoms with Crippen LogP contribution in [0.5, 0.6) is 5.75 Å². The lowest BCUT2D eigenvalue weighted by atomic mass is 9.56. The van der Waals surface area contributed by atoms with E-state index in [0.29, 0.717) is 40.3 Å². The summed E-state index contributed by atoms with van der Waals surface area (Å²) in [6, 6.07) is 7.63. The molecule has 1 aromatic carbocycles.